The summed E-state index contributed by atoms with van der Waals surface area (Å²) in [5, 5.41) is 9.55. The van der Waals surface area contributed by atoms with E-state index < -0.39 is 6.04 Å². The van der Waals surface area contributed by atoms with E-state index in [4.69, 9.17) is 0 Å². The summed E-state index contributed by atoms with van der Waals surface area (Å²) in [5.41, 5.74) is 3.10. The van der Waals surface area contributed by atoms with Crippen LogP contribution in [0.4, 0.5) is 0 Å². The van der Waals surface area contributed by atoms with E-state index in [9.17, 15) is 14.4 Å². The summed E-state index contributed by atoms with van der Waals surface area (Å²) in [6, 6.07) is 5.28. The molecule has 1 aliphatic carbocycles. The summed E-state index contributed by atoms with van der Waals surface area (Å²) in [6.07, 6.45) is 3.04. The van der Waals surface area contributed by atoms with Crippen molar-refractivity contribution >= 4 is 17.7 Å². The van der Waals surface area contributed by atoms with Crippen LogP contribution in [-0.4, -0.2) is 47.3 Å². The number of nitrogens with one attached hydrogen (secondary N) is 3. The Labute approximate surface area is 157 Å². The van der Waals surface area contributed by atoms with Crippen LogP contribution < -0.4 is 16.0 Å². The molecule has 3 unspecified atom stereocenters. The zero-order valence-corrected chi connectivity index (χ0v) is 15.2. The molecule has 3 fully saturated rings. The topological polar surface area (TPSA) is 90.5 Å². The zero-order chi connectivity index (χ0) is 18.6. The van der Waals surface area contributed by atoms with E-state index in [1.54, 1.807) is 4.90 Å². The van der Waals surface area contributed by atoms with Gasteiger partial charge in [0.1, 0.15) is 6.04 Å². The predicted molar refractivity (Wildman–Crippen MR) is 97.7 cm³/mol. The van der Waals surface area contributed by atoms with Crippen LogP contribution in [0.2, 0.25) is 0 Å². The fourth-order valence-corrected chi connectivity index (χ4v) is 4.93. The summed E-state index contributed by atoms with van der Waals surface area (Å²) < 4.78 is 0. The first-order chi connectivity index (χ1) is 13.1. The standard InChI is InChI=1S/C20H24N4O3/c25-17-5-4-16(18(26)23-17)24-11-15-12(2-1-3-14(15)19(24)27)9-22-20-6-7-21-10-13(20)8-20/h1-3,13,16,21-22H,4-11H2,(H,23,25,26). The van der Waals surface area contributed by atoms with Crippen molar-refractivity contribution in [3.05, 3.63) is 34.9 Å². The molecule has 0 radical (unpaired) electrons. The third-order valence-electron chi connectivity index (χ3n) is 6.68. The minimum atomic E-state index is -0.556. The number of nitrogens with zero attached hydrogens (tertiary/aromatic N) is 1. The number of carbonyl (C=O) groups is 3. The van der Waals surface area contributed by atoms with Gasteiger partial charge in [0.05, 0.1) is 0 Å². The fourth-order valence-electron chi connectivity index (χ4n) is 4.93. The fraction of sp³-hybridized carbons (Fsp3) is 0.550. The van der Waals surface area contributed by atoms with Crippen LogP contribution in [0.25, 0.3) is 0 Å². The highest BCUT2D eigenvalue weighted by Gasteiger charge is 2.54. The van der Waals surface area contributed by atoms with Crippen LogP contribution in [0, 0.1) is 5.92 Å². The number of carbonyl (C=O) groups excluding carboxylic acids is 3. The molecule has 142 valence electrons. The molecule has 3 amide bonds. The van der Waals surface area contributed by atoms with E-state index in [0.717, 1.165) is 37.2 Å². The number of fused-ring (bicyclic) bond motifs is 2. The number of hydrogen-bond donors (Lipinski definition) is 3. The van der Waals surface area contributed by atoms with Crippen molar-refractivity contribution < 1.29 is 14.4 Å². The molecule has 4 aliphatic rings. The van der Waals surface area contributed by atoms with Crippen molar-refractivity contribution in [1.82, 2.24) is 20.9 Å². The van der Waals surface area contributed by atoms with Gasteiger partial charge in [-0.15, -0.1) is 0 Å². The molecule has 0 spiro atoms. The molecular weight excluding hydrogens is 344 g/mol. The molecule has 5 rings (SSSR count). The van der Waals surface area contributed by atoms with Crippen LogP contribution in [-0.2, 0) is 22.7 Å². The maximum absolute atomic E-state index is 12.9. The molecule has 1 saturated carbocycles. The van der Waals surface area contributed by atoms with Gasteiger partial charge in [-0.25, -0.2) is 0 Å². The lowest BCUT2D eigenvalue weighted by molar-refractivity contribution is -0.136. The second-order valence-electron chi connectivity index (χ2n) is 8.21. The lowest BCUT2D eigenvalue weighted by Crippen LogP contribution is -2.52. The average molecular weight is 368 g/mol. The van der Waals surface area contributed by atoms with Crippen LogP contribution >= 0.6 is 0 Å². The van der Waals surface area contributed by atoms with Crippen molar-refractivity contribution in [1.29, 1.82) is 0 Å². The first-order valence-electron chi connectivity index (χ1n) is 9.78. The second kappa shape index (κ2) is 6.14. The first kappa shape index (κ1) is 16.9. The Morgan fingerprint density at radius 3 is 2.96 bits per heavy atom. The van der Waals surface area contributed by atoms with E-state index in [1.165, 1.54) is 6.42 Å². The van der Waals surface area contributed by atoms with Crippen LogP contribution in [0.15, 0.2) is 18.2 Å². The van der Waals surface area contributed by atoms with Crippen molar-refractivity contribution in [2.75, 3.05) is 13.1 Å². The number of amides is 3. The molecule has 3 N–H and O–H groups in total. The monoisotopic (exact) mass is 368 g/mol. The van der Waals surface area contributed by atoms with Crippen LogP contribution in [0.3, 0.4) is 0 Å². The van der Waals surface area contributed by atoms with E-state index in [0.29, 0.717) is 24.4 Å². The summed E-state index contributed by atoms with van der Waals surface area (Å²) in [5.74, 6) is -0.0118. The van der Waals surface area contributed by atoms with Gasteiger partial charge in [-0.2, -0.15) is 0 Å². The summed E-state index contributed by atoms with van der Waals surface area (Å²) in [4.78, 5) is 38.1. The number of rotatable bonds is 4. The zero-order valence-electron chi connectivity index (χ0n) is 15.2. The number of hydrogen-bond acceptors (Lipinski definition) is 5. The molecule has 3 aliphatic heterocycles. The third-order valence-corrected chi connectivity index (χ3v) is 6.68. The minimum Gasteiger partial charge on any atom is -0.322 e. The maximum atomic E-state index is 12.9. The van der Waals surface area contributed by atoms with Crippen LogP contribution in [0.1, 0.15) is 47.2 Å². The van der Waals surface area contributed by atoms with Gasteiger partial charge in [0.2, 0.25) is 11.8 Å². The van der Waals surface area contributed by atoms with Crippen molar-refractivity contribution in [2.24, 2.45) is 5.92 Å². The Bertz CT molecular complexity index is 839. The van der Waals surface area contributed by atoms with Crippen molar-refractivity contribution in [3.8, 4) is 0 Å². The molecule has 2 saturated heterocycles. The van der Waals surface area contributed by atoms with Gasteiger partial charge in [-0.3, -0.25) is 19.7 Å². The van der Waals surface area contributed by atoms with Gasteiger partial charge in [0.25, 0.3) is 5.91 Å². The highest BCUT2D eigenvalue weighted by molar-refractivity contribution is 6.05. The lowest BCUT2D eigenvalue weighted by atomic mass is 10.0. The summed E-state index contributed by atoms with van der Waals surface area (Å²) in [6.45, 7) is 3.33. The molecule has 0 aromatic heterocycles. The largest absolute Gasteiger partial charge is 0.322 e. The van der Waals surface area contributed by atoms with Gasteiger partial charge in [-0.1, -0.05) is 12.1 Å². The molecule has 0 bridgehead atoms. The molecular formula is C20H24N4O3. The van der Waals surface area contributed by atoms with Gasteiger partial charge >= 0.3 is 0 Å². The third kappa shape index (κ3) is 2.76. The van der Waals surface area contributed by atoms with Crippen molar-refractivity contribution in [3.63, 3.8) is 0 Å². The van der Waals surface area contributed by atoms with E-state index in [1.807, 2.05) is 12.1 Å². The quantitative estimate of drug-likeness (QED) is 0.665. The highest BCUT2D eigenvalue weighted by atomic mass is 16.2. The SMILES string of the molecule is O=C1CCC(N2Cc3c(CNC45CCNCC4C5)cccc3C2=O)C(=O)N1. The number of piperidine rings is 2. The first-order valence-corrected chi connectivity index (χ1v) is 9.78. The Morgan fingerprint density at radius 2 is 2.15 bits per heavy atom. The normalized spacial score (nSPS) is 32.1. The highest BCUT2D eigenvalue weighted by Crippen LogP contribution is 2.47. The van der Waals surface area contributed by atoms with E-state index in [-0.39, 0.29) is 29.7 Å². The molecule has 3 heterocycles. The Kier molecular flexibility index (Phi) is 3.84. The molecule has 27 heavy (non-hydrogen) atoms. The van der Waals surface area contributed by atoms with Gasteiger partial charge in [-0.05, 0) is 55.5 Å². The molecule has 1 aromatic rings. The Balaban J connectivity index is 1.33. The van der Waals surface area contributed by atoms with Crippen molar-refractivity contribution in [2.45, 2.75) is 50.4 Å². The Hall–Kier alpha value is -2.25. The predicted octanol–water partition coefficient (Wildman–Crippen LogP) is 0.289. The molecule has 7 nitrogen and oxygen atoms in total. The number of benzene rings is 1. The van der Waals surface area contributed by atoms with E-state index >= 15 is 0 Å². The summed E-state index contributed by atoms with van der Waals surface area (Å²) >= 11 is 0. The molecule has 3 atom stereocenters. The Morgan fingerprint density at radius 1 is 1.26 bits per heavy atom. The van der Waals surface area contributed by atoms with E-state index in [2.05, 4.69) is 22.0 Å². The smallest absolute Gasteiger partial charge is 0.255 e. The molecule has 7 heteroatoms. The average Bonchev–Trinajstić information content (AvgIpc) is 3.31. The van der Waals surface area contributed by atoms with Gasteiger partial charge < -0.3 is 15.5 Å². The molecule has 1 aromatic carbocycles. The van der Waals surface area contributed by atoms with Gasteiger partial charge in [0, 0.05) is 30.6 Å². The van der Waals surface area contributed by atoms with Crippen LogP contribution in [0.5, 0.6) is 0 Å². The minimum absolute atomic E-state index is 0.106. The second-order valence-corrected chi connectivity index (χ2v) is 8.21. The van der Waals surface area contributed by atoms with Gasteiger partial charge in [0.15, 0.2) is 0 Å². The summed E-state index contributed by atoms with van der Waals surface area (Å²) in [7, 11) is 0. The maximum Gasteiger partial charge on any atom is 0.255 e. The lowest BCUT2D eigenvalue weighted by Gasteiger charge is -2.29. The number of imide groups is 1.